The van der Waals surface area contributed by atoms with E-state index < -0.39 is 39.5 Å². The van der Waals surface area contributed by atoms with Gasteiger partial charge in [-0.3, -0.25) is 4.79 Å². The van der Waals surface area contributed by atoms with Gasteiger partial charge >= 0.3 is 5.97 Å². The molecule has 2 saturated heterocycles. The maximum Gasteiger partial charge on any atom is 0.332 e. The number of nitrogens with one attached hydrogen (secondary N) is 1. The first-order valence-corrected chi connectivity index (χ1v) is 7.94. The monoisotopic (exact) mass is 291 g/mol. The molecule has 2 rings (SSSR count). The molecule has 2 aliphatic heterocycles. The van der Waals surface area contributed by atoms with Crippen molar-refractivity contribution in [3.8, 4) is 0 Å². The number of aliphatic carboxylic acids is 1. The number of carboxylic acids is 1. The lowest BCUT2D eigenvalue weighted by molar-refractivity contribution is -0.152. The van der Waals surface area contributed by atoms with Gasteiger partial charge in [-0.25, -0.2) is 13.2 Å². The smallest absolute Gasteiger partial charge is 0.332 e. The SMILES string of the molecule is CC1(NC(=O)[C@@H]2CC[C@H](C(=O)O)O2)CCS(=O)(=O)C1. The largest absolute Gasteiger partial charge is 0.479 e. The van der Waals surface area contributed by atoms with E-state index in [0.717, 1.165) is 0 Å². The van der Waals surface area contributed by atoms with Gasteiger partial charge in [0.25, 0.3) is 0 Å². The third-order valence-corrected chi connectivity index (χ3v) is 5.42. The van der Waals surface area contributed by atoms with E-state index in [2.05, 4.69) is 5.32 Å². The van der Waals surface area contributed by atoms with Crippen LogP contribution in [0.15, 0.2) is 0 Å². The zero-order valence-corrected chi connectivity index (χ0v) is 11.4. The summed E-state index contributed by atoms with van der Waals surface area (Å²) in [5.74, 6) is -1.53. The number of hydrogen-bond acceptors (Lipinski definition) is 5. The summed E-state index contributed by atoms with van der Waals surface area (Å²) in [7, 11) is -3.10. The molecule has 2 aliphatic rings. The molecule has 1 amide bonds. The van der Waals surface area contributed by atoms with E-state index in [1.165, 1.54) is 0 Å². The number of carbonyl (C=O) groups excluding carboxylic acids is 1. The molecule has 0 aromatic carbocycles. The normalized spacial score (nSPS) is 37.1. The number of carboxylic acid groups (broad SMARTS) is 1. The first kappa shape index (κ1) is 14.3. The van der Waals surface area contributed by atoms with E-state index in [1.54, 1.807) is 6.92 Å². The van der Waals surface area contributed by atoms with E-state index in [0.29, 0.717) is 19.3 Å². The first-order valence-electron chi connectivity index (χ1n) is 6.11. The average molecular weight is 291 g/mol. The molecule has 0 aromatic rings. The highest BCUT2D eigenvalue weighted by molar-refractivity contribution is 7.91. The van der Waals surface area contributed by atoms with Gasteiger partial charge in [-0.15, -0.1) is 0 Å². The Hall–Kier alpha value is -1.15. The van der Waals surface area contributed by atoms with Gasteiger partial charge < -0.3 is 15.2 Å². The minimum Gasteiger partial charge on any atom is -0.479 e. The quantitative estimate of drug-likeness (QED) is 0.712. The minimum absolute atomic E-state index is 0.0626. The first-order chi connectivity index (χ1) is 8.71. The Bertz CT molecular complexity index is 501. The molecule has 0 spiro atoms. The predicted octanol–water partition coefficient (Wildman–Crippen LogP) is -0.688. The van der Waals surface area contributed by atoms with E-state index in [-0.39, 0.29) is 11.5 Å². The highest BCUT2D eigenvalue weighted by Gasteiger charge is 2.42. The Morgan fingerprint density at radius 3 is 2.42 bits per heavy atom. The van der Waals surface area contributed by atoms with Crippen LogP contribution in [0.5, 0.6) is 0 Å². The van der Waals surface area contributed by atoms with Crippen molar-refractivity contribution < 1.29 is 27.9 Å². The highest BCUT2D eigenvalue weighted by Crippen LogP contribution is 2.25. The summed E-state index contributed by atoms with van der Waals surface area (Å²) < 4.78 is 28.0. The zero-order valence-electron chi connectivity index (χ0n) is 10.6. The second kappa shape index (κ2) is 4.75. The molecular formula is C11H17NO6S. The summed E-state index contributed by atoms with van der Waals surface area (Å²) in [6.45, 7) is 1.68. The molecule has 2 heterocycles. The number of amides is 1. The van der Waals surface area contributed by atoms with Gasteiger partial charge in [-0.1, -0.05) is 0 Å². The van der Waals surface area contributed by atoms with Crippen LogP contribution in [0.2, 0.25) is 0 Å². The van der Waals surface area contributed by atoms with Crippen molar-refractivity contribution in [3.05, 3.63) is 0 Å². The van der Waals surface area contributed by atoms with E-state index in [4.69, 9.17) is 9.84 Å². The van der Waals surface area contributed by atoms with Crippen molar-refractivity contribution in [2.24, 2.45) is 0 Å². The van der Waals surface area contributed by atoms with E-state index in [1.807, 2.05) is 0 Å². The van der Waals surface area contributed by atoms with Crippen LogP contribution >= 0.6 is 0 Å². The maximum atomic E-state index is 12.0. The fourth-order valence-electron chi connectivity index (χ4n) is 2.50. The van der Waals surface area contributed by atoms with Crippen molar-refractivity contribution in [2.75, 3.05) is 11.5 Å². The van der Waals surface area contributed by atoms with Gasteiger partial charge in [0.2, 0.25) is 5.91 Å². The van der Waals surface area contributed by atoms with Crippen LogP contribution < -0.4 is 5.32 Å². The molecule has 0 saturated carbocycles. The van der Waals surface area contributed by atoms with Gasteiger partial charge in [-0.2, -0.15) is 0 Å². The van der Waals surface area contributed by atoms with E-state index in [9.17, 15) is 18.0 Å². The van der Waals surface area contributed by atoms with Gasteiger partial charge in [0.15, 0.2) is 15.9 Å². The van der Waals surface area contributed by atoms with Crippen LogP contribution in [-0.4, -0.2) is 54.7 Å². The number of hydrogen-bond donors (Lipinski definition) is 2. The Labute approximate surface area is 111 Å². The molecule has 8 heteroatoms. The summed E-state index contributed by atoms with van der Waals surface area (Å²) in [4.78, 5) is 22.7. The summed E-state index contributed by atoms with van der Waals surface area (Å²) >= 11 is 0. The van der Waals surface area contributed by atoms with Gasteiger partial charge in [0.1, 0.15) is 6.10 Å². The van der Waals surface area contributed by atoms with Crippen LogP contribution in [0.25, 0.3) is 0 Å². The highest BCUT2D eigenvalue weighted by atomic mass is 32.2. The predicted molar refractivity (Wildman–Crippen MR) is 65.3 cm³/mol. The third-order valence-electron chi connectivity index (χ3n) is 3.52. The van der Waals surface area contributed by atoms with Gasteiger partial charge in [-0.05, 0) is 26.2 Å². The van der Waals surface area contributed by atoms with Crippen molar-refractivity contribution in [1.29, 1.82) is 0 Å². The Kier molecular flexibility index (Phi) is 3.57. The number of rotatable bonds is 3. The molecule has 7 nitrogen and oxygen atoms in total. The number of ether oxygens (including phenoxy) is 1. The van der Waals surface area contributed by atoms with Crippen LogP contribution in [0.3, 0.4) is 0 Å². The van der Waals surface area contributed by atoms with Crippen LogP contribution in [-0.2, 0) is 24.2 Å². The summed E-state index contributed by atoms with van der Waals surface area (Å²) in [5.41, 5.74) is -0.777. The van der Waals surface area contributed by atoms with Crippen molar-refractivity contribution >= 4 is 21.7 Å². The third kappa shape index (κ3) is 3.24. The topological polar surface area (TPSA) is 110 Å². The molecule has 1 unspecified atom stereocenters. The number of sulfone groups is 1. The van der Waals surface area contributed by atoms with Gasteiger partial charge in [0, 0.05) is 0 Å². The zero-order chi connectivity index (χ0) is 14.3. The molecule has 0 aliphatic carbocycles. The Morgan fingerprint density at radius 2 is 1.95 bits per heavy atom. The van der Waals surface area contributed by atoms with Crippen LogP contribution in [0.4, 0.5) is 0 Å². The van der Waals surface area contributed by atoms with Gasteiger partial charge in [0.05, 0.1) is 17.0 Å². The molecule has 0 aromatic heterocycles. The fourth-order valence-corrected chi connectivity index (χ4v) is 4.59. The minimum atomic E-state index is -3.10. The molecular weight excluding hydrogens is 274 g/mol. The lowest BCUT2D eigenvalue weighted by atomic mass is 10.0. The Morgan fingerprint density at radius 1 is 1.32 bits per heavy atom. The number of carbonyl (C=O) groups is 2. The molecule has 2 N–H and O–H groups in total. The molecule has 108 valence electrons. The molecule has 3 atom stereocenters. The molecule has 2 fully saturated rings. The summed E-state index contributed by atoms with van der Waals surface area (Å²) in [6.07, 6.45) is -0.749. The van der Waals surface area contributed by atoms with Crippen molar-refractivity contribution in [3.63, 3.8) is 0 Å². The fraction of sp³-hybridized carbons (Fsp3) is 0.818. The standard InChI is InChI=1S/C11H17NO6S/c1-11(4-5-19(16,17)6-11)12-9(13)7-2-3-8(18-7)10(14)15/h7-8H,2-6H2,1H3,(H,12,13)(H,14,15)/t7-,8+,11?/m0/s1. The lowest BCUT2D eigenvalue weighted by Crippen LogP contribution is -2.50. The Balaban J connectivity index is 1.94. The van der Waals surface area contributed by atoms with Crippen LogP contribution in [0, 0.1) is 0 Å². The summed E-state index contributed by atoms with van der Waals surface area (Å²) in [6, 6.07) is 0. The maximum absolute atomic E-state index is 12.0. The second-order valence-corrected chi connectivity index (χ2v) is 7.60. The summed E-state index contributed by atoms with van der Waals surface area (Å²) in [5, 5.41) is 11.5. The van der Waals surface area contributed by atoms with Crippen molar-refractivity contribution in [1.82, 2.24) is 5.32 Å². The van der Waals surface area contributed by atoms with Crippen LogP contribution in [0.1, 0.15) is 26.2 Å². The second-order valence-electron chi connectivity index (χ2n) is 5.42. The molecule has 0 radical (unpaired) electrons. The molecule has 19 heavy (non-hydrogen) atoms. The average Bonchev–Trinajstić information content (AvgIpc) is 2.83. The van der Waals surface area contributed by atoms with Crippen molar-refractivity contribution in [2.45, 2.75) is 43.9 Å². The van der Waals surface area contributed by atoms with E-state index >= 15 is 0 Å². The molecule has 0 bridgehead atoms. The lowest BCUT2D eigenvalue weighted by Gasteiger charge is -2.25.